The summed E-state index contributed by atoms with van der Waals surface area (Å²) in [6, 6.07) is 10.5. The number of amides is 1. The molecule has 0 aromatic heterocycles. The van der Waals surface area contributed by atoms with Crippen LogP contribution in [-0.2, 0) is 16.0 Å². The maximum absolute atomic E-state index is 12.3. The number of carbonyl (C=O) groups excluding carboxylic acids is 1. The van der Waals surface area contributed by atoms with Crippen molar-refractivity contribution in [3.63, 3.8) is 0 Å². The van der Waals surface area contributed by atoms with E-state index in [1.54, 1.807) is 12.1 Å². The highest BCUT2D eigenvalue weighted by atomic mass is 16.4. The van der Waals surface area contributed by atoms with Gasteiger partial charge in [-0.1, -0.05) is 41.5 Å². The van der Waals surface area contributed by atoms with Gasteiger partial charge in [-0.25, -0.2) is 0 Å². The number of phenols is 1. The molecule has 5 heteroatoms. The molecule has 2 aromatic rings. The van der Waals surface area contributed by atoms with E-state index in [0.29, 0.717) is 5.56 Å². The molecule has 2 aromatic carbocycles. The lowest BCUT2D eigenvalue weighted by Crippen LogP contribution is -2.18. The van der Waals surface area contributed by atoms with Crippen LogP contribution in [0.2, 0.25) is 0 Å². The highest BCUT2D eigenvalue weighted by Gasteiger charge is 2.21. The Morgan fingerprint density at radius 2 is 1.75 bits per heavy atom. The molecule has 1 atom stereocenters. The number of aromatic hydroxyl groups is 1. The van der Waals surface area contributed by atoms with Crippen LogP contribution in [0.5, 0.6) is 5.75 Å². The predicted molar refractivity (Wildman–Crippen MR) is 92.4 cm³/mol. The lowest BCUT2D eigenvalue weighted by molar-refractivity contribution is -0.138. The van der Waals surface area contributed by atoms with Gasteiger partial charge in [0.25, 0.3) is 0 Å². The zero-order valence-electron chi connectivity index (χ0n) is 14.0. The summed E-state index contributed by atoms with van der Waals surface area (Å²) in [6.07, 6.45) is 0.151. The Morgan fingerprint density at radius 3 is 2.33 bits per heavy atom. The molecule has 0 radical (unpaired) electrons. The average Bonchev–Trinajstić information content (AvgIpc) is 2.47. The number of aliphatic carboxylic acids is 1. The quantitative estimate of drug-likeness (QED) is 0.735. The van der Waals surface area contributed by atoms with Crippen LogP contribution in [0.25, 0.3) is 0 Å². The Labute approximate surface area is 141 Å². The third kappa shape index (κ3) is 4.13. The first kappa shape index (κ1) is 17.5. The van der Waals surface area contributed by atoms with E-state index >= 15 is 0 Å². The number of hydrogen-bond donors (Lipinski definition) is 3. The van der Waals surface area contributed by atoms with Crippen LogP contribution in [0, 0.1) is 13.8 Å². The first-order valence-corrected chi connectivity index (χ1v) is 7.69. The van der Waals surface area contributed by atoms with Crippen molar-refractivity contribution in [3.05, 3.63) is 58.7 Å². The predicted octanol–water partition coefficient (Wildman–Crippen LogP) is 3.38. The maximum Gasteiger partial charge on any atom is 0.310 e. The highest BCUT2D eigenvalue weighted by molar-refractivity contribution is 5.95. The minimum absolute atomic E-state index is 0.144. The Balaban J connectivity index is 2.24. The molecule has 0 aliphatic heterocycles. The van der Waals surface area contributed by atoms with Gasteiger partial charge >= 0.3 is 5.97 Å². The van der Waals surface area contributed by atoms with Gasteiger partial charge in [-0.15, -0.1) is 0 Å². The summed E-state index contributed by atoms with van der Waals surface area (Å²) >= 11 is 0. The van der Waals surface area contributed by atoms with Gasteiger partial charge < -0.3 is 15.5 Å². The molecule has 0 spiro atoms. The van der Waals surface area contributed by atoms with Gasteiger partial charge in [0.2, 0.25) is 5.91 Å². The van der Waals surface area contributed by atoms with Gasteiger partial charge in [0.15, 0.2) is 0 Å². The number of rotatable bonds is 5. The van der Waals surface area contributed by atoms with E-state index in [1.165, 1.54) is 13.0 Å². The third-order valence-corrected chi connectivity index (χ3v) is 3.82. The molecule has 0 aliphatic carbocycles. The number of phenolic OH excluding ortho intramolecular Hbond substituents is 1. The summed E-state index contributed by atoms with van der Waals surface area (Å²) in [5.74, 6) is -2.31. The molecule has 0 saturated carbocycles. The SMILES string of the molecule is Cc1cc(C)cc(CC(=O)Nc2c(O)cccc2C(C)C(=O)O)c1. The van der Waals surface area contributed by atoms with Gasteiger partial charge in [-0.3, -0.25) is 9.59 Å². The Hall–Kier alpha value is -2.82. The minimum atomic E-state index is -1.02. The molecular weight excluding hydrogens is 306 g/mol. The van der Waals surface area contributed by atoms with Crippen molar-refractivity contribution >= 4 is 17.6 Å². The van der Waals surface area contributed by atoms with Crippen LogP contribution >= 0.6 is 0 Å². The van der Waals surface area contributed by atoms with Crippen LogP contribution in [0.4, 0.5) is 5.69 Å². The Kier molecular flexibility index (Phi) is 5.24. The van der Waals surface area contributed by atoms with Crippen molar-refractivity contribution in [2.45, 2.75) is 33.1 Å². The largest absolute Gasteiger partial charge is 0.506 e. The third-order valence-electron chi connectivity index (χ3n) is 3.82. The number of hydrogen-bond acceptors (Lipinski definition) is 3. The molecule has 2 rings (SSSR count). The van der Waals surface area contributed by atoms with E-state index in [9.17, 15) is 19.8 Å². The molecule has 0 heterocycles. The zero-order valence-corrected chi connectivity index (χ0v) is 14.0. The lowest BCUT2D eigenvalue weighted by atomic mass is 9.98. The van der Waals surface area contributed by atoms with Crippen LogP contribution in [0.3, 0.4) is 0 Å². The van der Waals surface area contributed by atoms with Gasteiger partial charge in [0, 0.05) is 0 Å². The number of carboxylic acid groups (broad SMARTS) is 1. The van der Waals surface area contributed by atoms with Crippen molar-refractivity contribution in [1.29, 1.82) is 0 Å². The molecule has 0 aliphatic rings. The molecule has 1 amide bonds. The molecule has 0 saturated heterocycles. The summed E-state index contributed by atoms with van der Waals surface area (Å²) < 4.78 is 0. The van der Waals surface area contributed by atoms with Gasteiger partial charge in [-0.2, -0.15) is 0 Å². The summed E-state index contributed by atoms with van der Waals surface area (Å²) in [5.41, 5.74) is 3.53. The number of nitrogens with one attached hydrogen (secondary N) is 1. The number of benzene rings is 2. The van der Waals surface area contributed by atoms with Crippen LogP contribution in [0.15, 0.2) is 36.4 Å². The monoisotopic (exact) mass is 327 g/mol. The fourth-order valence-electron chi connectivity index (χ4n) is 2.73. The average molecular weight is 327 g/mol. The fraction of sp³-hybridized carbons (Fsp3) is 0.263. The number of para-hydroxylation sites is 1. The van der Waals surface area contributed by atoms with E-state index in [2.05, 4.69) is 5.32 Å². The molecular formula is C19H21NO4. The van der Waals surface area contributed by atoms with E-state index in [4.69, 9.17) is 0 Å². The molecule has 0 bridgehead atoms. The first-order chi connectivity index (χ1) is 11.3. The standard InChI is InChI=1S/C19H21NO4/c1-11-7-12(2)9-14(8-11)10-17(22)20-18-15(13(3)19(23)24)5-4-6-16(18)21/h4-9,13,21H,10H2,1-3H3,(H,20,22)(H,23,24). The second-order valence-electron chi connectivity index (χ2n) is 6.02. The number of aryl methyl sites for hydroxylation is 2. The molecule has 1 unspecified atom stereocenters. The number of carboxylic acids is 1. The maximum atomic E-state index is 12.3. The fourth-order valence-corrected chi connectivity index (χ4v) is 2.73. The van der Waals surface area contributed by atoms with Crippen molar-refractivity contribution in [1.82, 2.24) is 0 Å². The second-order valence-corrected chi connectivity index (χ2v) is 6.02. The Morgan fingerprint density at radius 1 is 1.12 bits per heavy atom. The summed E-state index contributed by atoms with van der Waals surface area (Å²) in [4.78, 5) is 23.6. The zero-order chi connectivity index (χ0) is 17.9. The lowest BCUT2D eigenvalue weighted by Gasteiger charge is -2.15. The second kappa shape index (κ2) is 7.17. The van der Waals surface area contributed by atoms with Crippen LogP contribution in [-0.4, -0.2) is 22.1 Å². The van der Waals surface area contributed by atoms with Crippen LogP contribution in [0.1, 0.15) is 35.1 Å². The molecule has 126 valence electrons. The van der Waals surface area contributed by atoms with E-state index in [0.717, 1.165) is 16.7 Å². The molecule has 0 fully saturated rings. The van der Waals surface area contributed by atoms with E-state index < -0.39 is 11.9 Å². The minimum Gasteiger partial charge on any atom is -0.506 e. The van der Waals surface area contributed by atoms with Crippen molar-refractivity contribution in [3.8, 4) is 5.75 Å². The highest BCUT2D eigenvalue weighted by Crippen LogP contribution is 2.32. The van der Waals surface area contributed by atoms with Gasteiger partial charge in [-0.05, 0) is 38.0 Å². The van der Waals surface area contributed by atoms with Crippen molar-refractivity contribution < 1.29 is 19.8 Å². The summed E-state index contributed by atoms with van der Waals surface area (Å²) in [5, 5.41) is 21.9. The van der Waals surface area contributed by atoms with E-state index in [1.807, 2.05) is 32.0 Å². The summed E-state index contributed by atoms with van der Waals surface area (Å²) in [6.45, 7) is 5.44. The van der Waals surface area contributed by atoms with Gasteiger partial charge in [0.1, 0.15) is 5.75 Å². The molecule has 24 heavy (non-hydrogen) atoms. The topological polar surface area (TPSA) is 86.6 Å². The van der Waals surface area contributed by atoms with Crippen molar-refractivity contribution in [2.75, 3.05) is 5.32 Å². The number of carbonyl (C=O) groups is 2. The number of anilines is 1. The van der Waals surface area contributed by atoms with E-state index in [-0.39, 0.29) is 23.8 Å². The van der Waals surface area contributed by atoms with Gasteiger partial charge in [0.05, 0.1) is 18.0 Å². The first-order valence-electron chi connectivity index (χ1n) is 7.69. The van der Waals surface area contributed by atoms with Crippen LogP contribution < -0.4 is 5.32 Å². The molecule has 5 nitrogen and oxygen atoms in total. The Bertz CT molecular complexity index is 763. The normalized spacial score (nSPS) is 11.8. The summed E-state index contributed by atoms with van der Waals surface area (Å²) in [7, 11) is 0. The van der Waals surface area contributed by atoms with Crippen molar-refractivity contribution in [2.24, 2.45) is 0 Å². The molecule has 3 N–H and O–H groups in total. The smallest absolute Gasteiger partial charge is 0.310 e.